The molecule has 168 valence electrons. The monoisotopic (exact) mass is 498 g/mol. The van der Waals surface area contributed by atoms with Gasteiger partial charge in [-0.05, 0) is 72.7 Å². The molecule has 1 N–H and O–H groups in total. The lowest BCUT2D eigenvalue weighted by Gasteiger charge is -2.14. The van der Waals surface area contributed by atoms with Crippen molar-refractivity contribution in [2.45, 2.75) is 13.5 Å². The molecule has 5 nitrogen and oxygen atoms in total. The van der Waals surface area contributed by atoms with Crippen molar-refractivity contribution in [3.63, 3.8) is 0 Å². The number of hydrogen-bond donors (Lipinski definition) is 1. The van der Waals surface area contributed by atoms with Crippen LogP contribution in [0.1, 0.15) is 16.7 Å². The summed E-state index contributed by atoms with van der Waals surface area (Å²) in [5.74, 6) is 0.907. The Labute approximate surface area is 207 Å². The molecule has 3 aromatic rings. The van der Waals surface area contributed by atoms with Crippen LogP contribution < -0.4 is 19.7 Å². The van der Waals surface area contributed by atoms with Crippen molar-refractivity contribution in [3.8, 4) is 11.5 Å². The number of ether oxygens (including phenoxy) is 2. The van der Waals surface area contributed by atoms with Gasteiger partial charge in [-0.3, -0.25) is 9.69 Å². The summed E-state index contributed by atoms with van der Waals surface area (Å²) in [5, 5.41) is 4.12. The van der Waals surface area contributed by atoms with Crippen molar-refractivity contribution in [1.82, 2.24) is 5.32 Å². The van der Waals surface area contributed by atoms with Crippen LogP contribution >= 0.6 is 35.4 Å². The molecule has 0 atom stereocenters. The zero-order valence-electron chi connectivity index (χ0n) is 17.9. The van der Waals surface area contributed by atoms with Crippen LogP contribution in [-0.2, 0) is 11.4 Å². The van der Waals surface area contributed by atoms with E-state index in [1.54, 1.807) is 31.4 Å². The van der Waals surface area contributed by atoms with E-state index in [4.69, 9.17) is 44.9 Å². The second kappa shape index (κ2) is 9.83. The van der Waals surface area contributed by atoms with Crippen LogP contribution in [-0.4, -0.2) is 18.1 Å². The number of benzene rings is 3. The highest BCUT2D eigenvalue weighted by molar-refractivity contribution is 7.80. The second-order valence-corrected chi connectivity index (χ2v) is 8.55. The number of nitrogens with one attached hydrogen (secondary N) is 1. The number of methoxy groups -OCH3 is 1. The predicted molar refractivity (Wildman–Crippen MR) is 136 cm³/mol. The molecule has 0 aliphatic carbocycles. The van der Waals surface area contributed by atoms with Gasteiger partial charge >= 0.3 is 0 Å². The fourth-order valence-electron chi connectivity index (χ4n) is 3.46. The van der Waals surface area contributed by atoms with E-state index in [0.717, 1.165) is 22.4 Å². The number of hydrogen-bond acceptors (Lipinski definition) is 4. The van der Waals surface area contributed by atoms with Gasteiger partial charge in [0.15, 0.2) is 5.11 Å². The van der Waals surface area contributed by atoms with E-state index in [-0.39, 0.29) is 12.5 Å². The van der Waals surface area contributed by atoms with Crippen LogP contribution in [0.4, 0.5) is 5.69 Å². The topological polar surface area (TPSA) is 50.8 Å². The lowest BCUT2D eigenvalue weighted by Crippen LogP contribution is -2.30. The first-order valence-corrected chi connectivity index (χ1v) is 11.2. The summed E-state index contributed by atoms with van der Waals surface area (Å²) in [5.41, 5.74) is 3.72. The third kappa shape index (κ3) is 4.98. The number of carbonyl (C=O) groups excluding carboxylic acids is 1. The minimum Gasteiger partial charge on any atom is -0.496 e. The van der Waals surface area contributed by atoms with Gasteiger partial charge in [0, 0.05) is 5.56 Å². The summed E-state index contributed by atoms with van der Waals surface area (Å²) in [6, 6.07) is 18.4. The Kier molecular flexibility index (Phi) is 6.88. The first kappa shape index (κ1) is 23.1. The molecule has 1 saturated heterocycles. The van der Waals surface area contributed by atoms with Crippen LogP contribution in [0.2, 0.25) is 10.0 Å². The molecule has 1 heterocycles. The van der Waals surface area contributed by atoms with Crippen LogP contribution in [0, 0.1) is 6.92 Å². The van der Waals surface area contributed by atoms with Crippen molar-refractivity contribution in [2.24, 2.45) is 0 Å². The Hall–Kier alpha value is -3.06. The maximum absolute atomic E-state index is 13.1. The molecule has 0 radical (unpaired) electrons. The van der Waals surface area contributed by atoms with Gasteiger partial charge in [-0.25, -0.2) is 0 Å². The molecule has 1 fully saturated rings. The summed E-state index contributed by atoms with van der Waals surface area (Å²) in [6.07, 6.45) is 1.75. The number of thiocarbonyl (C=S) groups is 1. The van der Waals surface area contributed by atoms with Crippen molar-refractivity contribution in [1.29, 1.82) is 0 Å². The van der Waals surface area contributed by atoms with Crippen molar-refractivity contribution < 1.29 is 14.3 Å². The average molecular weight is 499 g/mol. The van der Waals surface area contributed by atoms with Gasteiger partial charge in [-0.2, -0.15) is 0 Å². The van der Waals surface area contributed by atoms with E-state index in [9.17, 15) is 4.79 Å². The largest absolute Gasteiger partial charge is 0.496 e. The van der Waals surface area contributed by atoms with Gasteiger partial charge in [0.05, 0.1) is 17.8 Å². The molecule has 4 rings (SSSR count). The van der Waals surface area contributed by atoms with E-state index in [1.165, 1.54) is 4.90 Å². The number of nitrogens with zero attached hydrogens (tertiary/aromatic N) is 1. The van der Waals surface area contributed by atoms with Crippen LogP contribution in [0.3, 0.4) is 0 Å². The van der Waals surface area contributed by atoms with Crippen LogP contribution in [0.5, 0.6) is 11.5 Å². The van der Waals surface area contributed by atoms with E-state index in [2.05, 4.69) is 5.32 Å². The number of anilines is 1. The Morgan fingerprint density at radius 3 is 2.61 bits per heavy atom. The second-order valence-electron chi connectivity index (χ2n) is 7.38. The molecule has 0 bridgehead atoms. The molecule has 3 aromatic carbocycles. The normalized spacial score (nSPS) is 14.5. The molecular weight excluding hydrogens is 479 g/mol. The highest BCUT2D eigenvalue weighted by Crippen LogP contribution is 2.33. The first-order valence-electron chi connectivity index (χ1n) is 10.0. The Morgan fingerprint density at radius 2 is 1.85 bits per heavy atom. The average Bonchev–Trinajstić information content (AvgIpc) is 3.07. The number of amides is 1. The molecular formula is C25H20Cl2N2O3S. The zero-order valence-corrected chi connectivity index (χ0v) is 20.2. The van der Waals surface area contributed by atoms with Gasteiger partial charge in [-0.15, -0.1) is 0 Å². The summed E-state index contributed by atoms with van der Waals surface area (Å²) < 4.78 is 11.3. The quantitative estimate of drug-likeness (QED) is 0.326. The highest BCUT2D eigenvalue weighted by atomic mass is 35.5. The van der Waals surface area contributed by atoms with Crippen LogP contribution in [0.25, 0.3) is 6.08 Å². The lowest BCUT2D eigenvalue weighted by atomic mass is 10.1. The Bertz CT molecular complexity index is 1280. The maximum Gasteiger partial charge on any atom is 0.281 e. The number of aryl methyl sites for hydroxylation is 1. The molecule has 0 saturated carbocycles. The molecule has 1 aliphatic rings. The molecule has 1 amide bonds. The third-order valence-corrected chi connectivity index (χ3v) is 6.14. The van der Waals surface area contributed by atoms with E-state index >= 15 is 0 Å². The van der Waals surface area contributed by atoms with Crippen molar-refractivity contribution in [3.05, 3.63) is 93.1 Å². The number of rotatable bonds is 6. The Morgan fingerprint density at radius 1 is 1.06 bits per heavy atom. The smallest absolute Gasteiger partial charge is 0.281 e. The fourth-order valence-corrected chi connectivity index (χ4v) is 4.10. The molecule has 0 spiro atoms. The molecule has 0 unspecified atom stereocenters. The van der Waals surface area contributed by atoms with Gasteiger partial charge in [0.1, 0.15) is 28.8 Å². The van der Waals surface area contributed by atoms with Gasteiger partial charge in [0.25, 0.3) is 5.91 Å². The zero-order chi connectivity index (χ0) is 23.5. The summed E-state index contributed by atoms with van der Waals surface area (Å²) in [4.78, 5) is 14.5. The fraction of sp³-hybridized carbons (Fsp3) is 0.120. The molecule has 1 aliphatic heterocycles. The van der Waals surface area contributed by atoms with E-state index < -0.39 is 0 Å². The highest BCUT2D eigenvalue weighted by Gasteiger charge is 2.32. The van der Waals surface area contributed by atoms with Crippen molar-refractivity contribution >= 4 is 58.2 Å². The lowest BCUT2D eigenvalue weighted by molar-refractivity contribution is -0.113. The third-order valence-electron chi connectivity index (χ3n) is 5.05. The van der Waals surface area contributed by atoms with Crippen LogP contribution in [0.15, 0.2) is 66.4 Å². The first-order chi connectivity index (χ1) is 15.9. The molecule has 8 heteroatoms. The summed E-state index contributed by atoms with van der Waals surface area (Å²) in [6.45, 7) is 2.17. The number of halogens is 2. The maximum atomic E-state index is 13.1. The van der Waals surface area contributed by atoms with Gasteiger partial charge in [0.2, 0.25) is 0 Å². The van der Waals surface area contributed by atoms with Crippen molar-refractivity contribution in [2.75, 3.05) is 12.0 Å². The standard InChI is InChI=1S/C25H20Cl2N2O3S/c1-15-5-3-6-18(11-15)29-24(30)20(28-25(29)33)13-16-9-10-21(31-2)17(12-16)14-32-22-8-4-7-19(26)23(22)27/h3-13H,14H2,1-2H3,(H,28,33)/b20-13+. The summed E-state index contributed by atoms with van der Waals surface area (Å²) >= 11 is 17.7. The Balaban J connectivity index is 1.59. The number of carbonyl (C=O) groups is 1. The SMILES string of the molecule is COc1ccc(/C=C2/NC(=S)N(c3cccc(C)c3)C2=O)cc1COc1cccc(Cl)c1Cl. The minimum absolute atomic E-state index is 0.204. The van der Waals surface area contributed by atoms with E-state index in [0.29, 0.717) is 32.4 Å². The van der Waals surface area contributed by atoms with Gasteiger partial charge < -0.3 is 14.8 Å². The molecule has 0 aromatic heterocycles. The molecule has 33 heavy (non-hydrogen) atoms. The van der Waals surface area contributed by atoms with E-state index in [1.807, 2.05) is 49.4 Å². The van der Waals surface area contributed by atoms with Gasteiger partial charge in [-0.1, -0.05) is 47.5 Å². The predicted octanol–water partition coefficient (Wildman–Crippen LogP) is 6.15. The minimum atomic E-state index is -0.218. The summed E-state index contributed by atoms with van der Waals surface area (Å²) in [7, 11) is 1.59.